The fourth-order valence-corrected chi connectivity index (χ4v) is 2.27. The SMILES string of the molecule is COCCOC(=O)Nc1cccc(NC(=O)CCCc2nc(C(C)C)no2)c1. The van der Waals surface area contributed by atoms with Crippen LogP contribution >= 0.6 is 0 Å². The first-order valence-electron chi connectivity index (χ1n) is 9.13. The van der Waals surface area contributed by atoms with E-state index in [0.29, 0.717) is 49.0 Å². The van der Waals surface area contributed by atoms with Crippen LogP contribution < -0.4 is 10.6 Å². The standard InChI is InChI=1S/C19H26N4O5/c1-13(2)18-22-17(28-23-18)9-5-8-16(24)20-14-6-4-7-15(12-14)21-19(25)27-11-10-26-3/h4,6-7,12-13H,5,8-11H2,1-3H3,(H,20,24)(H,21,25). The van der Waals surface area contributed by atoms with Gasteiger partial charge in [-0.25, -0.2) is 4.79 Å². The third-order valence-electron chi connectivity index (χ3n) is 3.71. The molecule has 0 unspecified atom stereocenters. The Bertz CT molecular complexity index is 775. The summed E-state index contributed by atoms with van der Waals surface area (Å²) in [5.41, 5.74) is 1.10. The highest BCUT2D eigenvalue weighted by atomic mass is 16.6. The Morgan fingerprint density at radius 3 is 2.61 bits per heavy atom. The number of nitrogens with zero attached hydrogens (tertiary/aromatic N) is 2. The minimum Gasteiger partial charge on any atom is -0.447 e. The van der Waals surface area contributed by atoms with Crippen LogP contribution in [0.1, 0.15) is 44.3 Å². The maximum absolute atomic E-state index is 12.1. The van der Waals surface area contributed by atoms with Crippen LogP contribution in [0.2, 0.25) is 0 Å². The molecule has 9 nitrogen and oxygen atoms in total. The van der Waals surface area contributed by atoms with Crippen molar-refractivity contribution in [1.82, 2.24) is 10.1 Å². The van der Waals surface area contributed by atoms with Gasteiger partial charge < -0.3 is 19.3 Å². The number of nitrogens with one attached hydrogen (secondary N) is 2. The van der Waals surface area contributed by atoms with Gasteiger partial charge in [-0.15, -0.1) is 0 Å². The summed E-state index contributed by atoms with van der Waals surface area (Å²) in [5, 5.41) is 9.29. The molecule has 0 atom stereocenters. The molecule has 1 heterocycles. The van der Waals surface area contributed by atoms with E-state index >= 15 is 0 Å². The molecule has 2 amide bonds. The zero-order valence-electron chi connectivity index (χ0n) is 16.4. The van der Waals surface area contributed by atoms with Gasteiger partial charge in [0, 0.05) is 37.2 Å². The molecule has 2 aromatic rings. The summed E-state index contributed by atoms with van der Waals surface area (Å²) < 4.78 is 14.9. The van der Waals surface area contributed by atoms with E-state index in [9.17, 15) is 9.59 Å². The Hall–Kier alpha value is -2.94. The molecule has 0 bridgehead atoms. The smallest absolute Gasteiger partial charge is 0.411 e. The lowest BCUT2D eigenvalue weighted by atomic mass is 10.2. The van der Waals surface area contributed by atoms with Crippen molar-refractivity contribution < 1.29 is 23.6 Å². The van der Waals surface area contributed by atoms with Crippen LogP contribution in [0.25, 0.3) is 0 Å². The largest absolute Gasteiger partial charge is 0.447 e. The highest BCUT2D eigenvalue weighted by Crippen LogP contribution is 2.16. The zero-order chi connectivity index (χ0) is 20.4. The van der Waals surface area contributed by atoms with E-state index in [-0.39, 0.29) is 18.4 Å². The van der Waals surface area contributed by atoms with E-state index in [4.69, 9.17) is 14.0 Å². The number of aromatic nitrogens is 2. The van der Waals surface area contributed by atoms with E-state index in [1.165, 1.54) is 7.11 Å². The monoisotopic (exact) mass is 390 g/mol. The van der Waals surface area contributed by atoms with E-state index in [1.54, 1.807) is 24.3 Å². The van der Waals surface area contributed by atoms with Gasteiger partial charge in [-0.05, 0) is 24.6 Å². The number of carbonyl (C=O) groups excluding carboxylic acids is 2. The van der Waals surface area contributed by atoms with Gasteiger partial charge in [0.05, 0.1) is 6.61 Å². The van der Waals surface area contributed by atoms with Gasteiger partial charge >= 0.3 is 6.09 Å². The van der Waals surface area contributed by atoms with Crippen LogP contribution in [0.4, 0.5) is 16.2 Å². The van der Waals surface area contributed by atoms with Crippen molar-refractivity contribution >= 4 is 23.4 Å². The predicted molar refractivity (Wildman–Crippen MR) is 103 cm³/mol. The number of methoxy groups -OCH3 is 1. The normalized spacial score (nSPS) is 10.7. The molecule has 9 heteroatoms. The third kappa shape index (κ3) is 7.36. The van der Waals surface area contributed by atoms with Gasteiger partial charge in [0.1, 0.15) is 6.61 Å². The average Bonchev–Trinajstić information content (AvgIpc) is 3.11. The van der Waals surface area contributed by atoms with E-state index in [1.807, 2.05) is 13.8 Å². The highest BCUT2D eigenvalue weighted by molar-refractivity contribution is 5.92. The van der Waals surface area contributed by atoms with Gasteiger partial charge in [0.15, 0.2) is 5.82 Å². The Labute approximate surface area is 163 Å². The summed E-state index contributed by atoms with van der Waals surface area (Å²) in [5.74, 6) is 1.28. The first-order chi connectivity index (χ1) is 13.5. The molecule has 1 aromatic carbocycles. The Kier molecular flexibility index (Phi) is 8.41. The number of carbonyl (C=O) groups is 2. The molecule has 2 rings (SSSR count). The second kappa shape index (κ2) is 11.0. The van der Waals surface area contributed by atoms with Crippen LogP contribution in [0, 0.1) is 0 Å². The summed E-state index contributed by atoms with van der Waals surface area (Å²) in [4.78, 5) is 28.1. The Morgan fingerprint density at radius 1 is 1.18 bits per heavy atom. The minimum absolute atomic E-state index is 0.136. The summed E-state index contributed by atoms with van der Waals surface area (Å²) in [6, 6.07) is 6.83. The van der Waals surface area contributed by atoms with Crippen molar-refractivity contribution in [3.63, 3.8) is 0 Å². The number of ether oxygens (including phenoxy) is 2. The minimum atomic E-state index is -0.583. The van der Waals surface area contributed by atoms with Crippen molar-refractivity contribution in [2.75, 3.05) is 31.0 Å². The lowest BCUT2D eigenvalue weighted by Crippen LogP contribution is -2.16. The van der Waals surface area contributed by atoms with Crippen LogP contribution in [0.15, 0.2) is 28.8 Å². The number of rotatable bonds is 10. The lowest BCUT2D eigenvalue weighted by molar-refractivity contribution is -0.116. The summed E-state index contributed by atoms with van der Waals surface area (Å²) in [6.07, 6.45) is 0.869. The van der Waals surface area contributed by atoms with E-state index in [2.05, 4.69) is 20.8 Å². The number of benzene rings is 1. The second-order valence-corrected chi connectivity index (χ2v) is 6.44. The molecule has 0 aliphatic heterocycles. The molecule has 152 valence electrons. The average molecular weight is 390 g/mol. The van der Waals surface area contributed by atoms with Crippen molar-refractivity contribution in [2.45, 2.75) is 39.0 Å². The molecule has 1 aromatic heterocycles. The van der Waals surface area contributed by atoms with Crippen LogP contribution in [0.5, 0.6) is 0 Å². The zero-order valence-corrected chi connectivity index (χ0v) is 16.4. The third-order valence-corrected chi connectivity index (χ3v) is 3.71. The topological polar surface area (TPSA) is 116 Å². The number of hydrogen-bond acceptors (Lipinski definition) is 7. The van der Waals surface area contributed by atoms with Crippen molar-refractivity contribution in [1.29, 1.82) is 0 Å². The van der Waals surface area contributed by atoms with E-state index in [0.717, 1.165) is 0 Å². The Balaban J connectivity index is 1.76. The fourth-order valence-electron chi connectivity index (χ4n) is 2.27. The molecule has 28 heavy (non-hydrogen) atoms. The number of anilines is 2. The van der Waals surface area contributed by atoms with Crippen LogP contribution in [-0.2, 0) is 20.7 Å². The second-order valence-electron chi connectivity index (χ2n) is 6.44. The first kappa shape index (κ1) is 21.4. The summed E-state index contributed by atoms with van der Waals surface area (Å²) >= 11 is 0. The lowest BCUT2D eigenvalue weighted by Gasteiger charge is -2.09. The number of aryl methyl sites for hydroxylation is 1. The van der Waals surface area contributed by atoms with Gasteiger partial charge in [-0.3, -0.25) is 10.1 Å². The predicted octanol–water partition coefficient (Wildman–Crippen LogP) is 3.35. The highest BCUT2D eigenvalue weighted by Gasteiger charge is 2.11. The number of hydrogen-bond donors (Lipinski definition) is 2. The van der Waals surface area contributed by atoms with Gasteiger partial charge in [0.25, 0.3) is 0 Å². The van der Waals surface area contributed by atoms with E-state index < -0.39 is 6.09 Å². The first-order valence-corrected chi connectivity index (χ1v) is 9.13. The van der Waals surface area contributed by atoms with Gasteiger partial charge in [-0.1, -0.05) is 25.1 Å². The molecule has 2 N–H and O–H groups in total. The van der Waals surface area contributed by atoms with Crippen LogP contribution in [-0.4, -0.2) is 42.5 Å². The quantitative estimate of drug-likeness (QED) is 0.598. The molecular weight excluding hydrogens is 364 g/mol. The number of amides is 2. The maximum Gasteiger partial charge on any atom is 0.411 e. The van der Waals surface area contributed by atoms with Crippen molar-refractivity contribution in [3.8, 4) is 0 Å². The molecule has 0 saturated carbocycles. The van der Waals surface area contributed by atoms with Gasteiger partial charge in [0.2, 0.25) is 11.8 Å². The molecule has 0 aliphatic carbocycles. The molecule has 0 aliphatic rings. The maximum atomic E-state index is 12.1. The van der Waals surface area contributed by atoms with Gasteiger partial charge in [-0.2, -0.15) is 4.98 Å². The molecule has 0 radical (unpaired) electrons. The molecule has 0 spiro atoms. The fraction of sp³-hybridized carbons (Fsp3) is 0.474. The summed E-state index contributed by atoms with van der Waals surface area (Å²) in [6.45, 7) is 4.47. The van der Waals surface area contributed by atoms with Crippen LogP contribution in [0.3, 0.4) is 0 Å². The van der Waals surface area contributed by atoms with Crippen molar-refractivity contribution in [3.05, 3.63) is 36.0 Å². The molecular formula is C19H26N4O5. The summed E-state index contributed by atoms with van der Waals surface area (Å²) in [7, 11) is 1.53. The van der Waals surface area contributed by atoms with Crippen molar-refractivity contribution in [2.24, 2.45) is 0 Å². The Morgan fingerprint density at radius 2 is 1.93 bits per heavy atom. The molecule has 0 fully saturated rings. The molecule has 0 saturated heterocycles.